The van der Waals surface area contributed by atoms with Crippen LogP contribution in [0.15, 0.2) is 0 Å². The van der Waals surface area contributed by atoms with Crippen molar-refractivity contribution in [1.82, 2.24) is 20.5 Å². The van der Waals surface area contributed by atoms with Crippen LogP contribution < -0.4 is 5.32 Å². The highest BCUT2D eigenvalue weighted by Crippen LogP contribution is 2.28. The molecule has 0 aliphatic carbocycles. The summed E-state index contributed by atoms with van der Waals surface area (Å²) in [5.74, 6) is 0.194. The van der Waals surface area contributed by atoms with Gasteiger partial charge in [0.05, 0.1) is 0 Å². The van der Waals surface area contributed by atoms with Gasteiger partial charge < -0.3 is 10.4 Å². The minimum Gasteiger partial charge on any atom is -0.479 e. The minimum atomic E-state index is -1.19. The van der Waals surface area contributed by atoms with Crippen LogP contribution in [0.4, 0.5) is 0 Å². The summed E-state index contributed by atoms with van der Waals surface area (Å²) < 4.78 is 0. The Kier molecular flexibility index (Phi) is 4.08. The van der Waals surface area contributed by atoms with Gasteiger partial charge in [0, 0.05) is 12.2 Å². The maximum atomic E-state index is 12.0. The highest BCUT2D eigenvalue weighted by Gasteiger charge is 2.43. The monoisotopic (exact) mass is 284 g/mol. The second-order valence-electron chi connectivity index (χ2n) is 4.50. The van der Waals surface area contributed by atoms with E-state index in [4.69, 9.17) is 0 Å². The molecule has 2 heterocycles. The van der Waals surface area contributed by atoms with Gasteiger partial charge in [-0.05, 0) is 18.6 Å². The first kappa shape index (κ1) is 13.9. The summed E-state index contributed by atoms with van der Waals surface area (Å²) in [6.07, 6.45) is 2.02. The van der Waals surface area contributed by atoms with Gasteiger partial charge in [-0.1, -0.05) is 6.92 Å². The third-order valence-corrected chi connectivity index (χ3v) is 4.20. The van der Waals surface area contributed by atoms with E-state index < -0.39 is 17.4 Å². The van der Waals surface area contributed by atoms with Gasteiger partial charge in [-0.2, -0.15) is 11.8 Å². The molecule has 0 spiro atoms. The second-order valence-corrected chi connectivity index (χ2v) is 5.60. The van der Waals surface area contributed by atoms with E-state index >= 15 is 0 Å². The van der Waals surface area contributed by atoms with E-state index in [0.29, 0.717) is 24.4 Å². The molecular weight excluding hydrogens is 268 g/mol. The zero-order chi connectivity index (χ0) is 13.9. The highest BCUT2D eigenvalue weighted by atomic mass is 32.2. The number of aromatic amines is 1. The average Bonchev–Trinajstić information content (AvgIpc) is 2.99. The van der Waals surface area contributed by atoms with Crippen LogP contribution in [-0.2, 0) is 11.2 Å². The maximum Gasteiger partial charge on any atom is 0.330 e. The molecule has 19 heavy (non-hydrogen) atoms. The summed E-state index contributed by atoms with van der Waals surface area (Å²) >= 11 is 1.52. The van der Waals surface area contributed by atoms with Crippen molar-refractivity contribution in [3.8, 4) is 0 Å². The number of carbonyl (C=O) groups is 2. The van der Waals surface area contributed by atoms with Gasteiger partial charge in [0.25, 0.3) is 5.91 Å². The summed E-state index contributed by atoms with van der Waals surface area (Å²) in [6, 6.07) is 0. The molecule has 2 rings (SSSR count). The third kappa shape index (κ3) is 2.89. The first-order valence-electron chi connectivity index (χ1n) is 6.12. The summed E-state index contributed by atoms with van der Waals surface area (Å²) in [5, 5.41) is 18.3. The fourth-order valence-corrected chi connectivity index (χ4v) is 3.23. The Morgan fingerprint density at radius 2 is 2.37 bits per heavy atom. The Bertz CT molecular complexity index is 482. The maximum absolute atomic E-state index is 12.0. The molecule has 0 bridgehead atoms. The number of amides is 1. The largest absolute Gasteiger partial charge is 0.479 e. The van der Waals surface area contributed by atoms with Gasteiger partial charge >= 0.3 is 5.97 Å². The van der Waals surface area contributed by atoms with Gasteiger partial charge in [0.1, 0.15) is 11.4 Å². The molecule has 1 aliphatic rings. The number of H-pyrrole nitrogens is 1. The topological polar surface area (TPSA) is 108 Å². The number of thioether (sulfide) groups is 1. The zero-order valence-corrected chi connectivity index (χ0v) is 11.4. The number of hydrogen-bond acceptors (Lipinski definition) is 5. The predicted molar refractivity (Wildman–Crippen MR) is 70.2 cm³/mol. The van der Waals surface area contributed by atoms with Gasteiger partial charge in [-0.15, -0.1) is 5.10 Å². The predicted octanol–water partition coefficient (Wildman–Crippen LogP) is 0.447. The van der Waals surface area contributed by atoms with Crippen LogP contribution in [-0.4, -0.2) is 49.2 Å². The lowest BCUT2D eigenvalue weighted by Gasteiger charge is -2.23. The number of nitrogens with one attached hydrogen (secondary N) is 2. The third-order valence-electron chi connectivity index (χ3n) is 3.01. The summed E-state index contributed by atoms with van der Waals surface area (Å²) in [5.41, 5.74) is -1.19. The standard InChI is InChI=1S/C11H16N4O3S/c1-2-3-7-12-8(15-14-7)9(16)13-11(10(17)18)4-5-19-6-11/h2-6H2,1H3,(H,13,16)(H,17,18)(H,12,14,15). The molecule has 1 unspecified atom stereocenters. The first-order valence-corrected chi connectivity index (χ1v) is 7.28. The second kappa shape index (κ2) is 5.60. The molecule has 1 amide bonds. The van der Waals surface area contributed by atoms with Crippen molar-refractivity contribution in [2.24, 2.45) is 0 Å². The Morgan fingerprint density at radius 3 is 2.95 bits per heavy atom. The number of rotatable bonds is 5. The van der Waals surface area contributed by atoms with E-state index in [0.717, 1.165) is 12.2 Å². The molecule has 8 heteroatoms. The normalized spacial score (nSPS) is 22.4. The van der Waals surface area contributed by atoms with Crippen LogP contribution in [0.3, 0.4) is 0 Å². The SMILES string of the molecule is CCCc1nc(C(=O)NC2(C(=O)O)CCSC2)n[nH]1. The van der Waals surface area contributed by atoms with Crippen LogP contribution in [0.2, 0.25) is 0 Å². The van der Waals surface area contributed by atoms with E-state index in [1.165, 1.54) is 11.8 Å². The number of hydrogen-bond donors (Lipinski definition) is 3. The van der Waals surface area contributed by atoms with Crippen molar-refractivity contribution in [2.75, 3.05) is 11.5 Å². The number of aliphatic carboxylic acids is 1. The number of carboxylic acid groups (broad SMARTS) is 1. The number of carboxylic acids is 1. The van der Waals surface area contributed by atoms with E-state index in [9.17, 15) is 14.7 Å². The van der Waals surface area contributed by atoms with Crippen LogP contribution in [0.25, 0.3) is 0 Å². The van der Waals surface area contributed by atoms with E-state index in [1.807, 2.05) is 6.92 Å². The highest BCUT2D eigenvalue weighted by molar-refractivity contribution is 7.99. The molecule has 104 valence electrons. The van der Waals surface area contributed by atoms with Crippen molar-refractivity contribution in [3.63, 3.8) is 0 Å². The Labute approximate surface area is 114 Å². The molecule has 1 fully saturated rings. The fourth-order valence-electron chi connectivity index (χ4n) is 1.90. The quantitative estimate of drug-likeness (QED) is 0.724. The lowest BCUT2D eigenvalue weighted by atomic mass is 9.99. The van der Waals surface area contributed by atoms with E-state index in [-0.39, 0.29) is 5.82 Å². The lowest BCUT2D eigenvalue weighted by Crippen LogP contribution is -2.55. The smallest absolute Gasteiger partial charge is 0.330 e. The molecule has 1 atom stereocenters. The molecule has 0 saturated carbocycles. The van der Waals surface area contributed by atoms with E-state index in [2.05, 4.69) is 20.5 Å². The van der Waals surface area contributed by atoms with E-state index in [1.54, 1.807) is 0 Å². The molecule has 1 aromatic heterocycles. The molecular formula is C11H16N4O3S. The number of aryl methyl sites for hydroxylation is 1. The lowest BCUT2D eigenvalue weighted by molar-refractivity contribution is -0.143. The molecule has 0 aromatic carbocycles. The average molecular weight is 284 g/mol. The molecule has 1 aromatic rings. The summed E-state index contributed by atoms with van der Waals surface area (Å²) in [4.78, 5) is 27.4. The van der Waals surface area contributed by atoms with Crippen molar-refractivity contribution in [3.05, 3.63) is 11.6 Å². The van der Waals surface area contributed by atoms with Gasteiger partial charge in [0.15, 0.2) is 0 Å². The van der Waals surface area contributed by atoms with Crippen molar-refractivity contribution >= 4 is 23.6 Å². The zero-order valence-electron chi connectivity index (χ0n) is 10.6. The summed E-state index contributed by atoms with van der Waals surface area (Å²) in [7, 11) is 0. The minimum absolute atomic E-state index is 0.000903. The summed E-state index contributed by atoms with van der Waals surface area (Å²) in [6.45, 7) is 2.00. The van der Waals surface area contributed by atoms with Crippen LogP contribution >= 0.6 is 11.8 Å². The Hall–Kier alpha value is -1.57. The molecule has 0 radical (unpaired) electrons. The Balaban J connectivity index is 2.08. The van der Waals surface area contributed by atoms with Crippen molar-refractivity contribution < 1.29 is 14.7 Å². The van der Waals surface area contributed by atoms with Gasteiger partial charge in [-0.3, -0.25) is 9.89 Å². The number of aromatic nitrogens is 3. The van der Waals surface area contributed by atoms with Crippen molar-refractivity contribution in [2.45, 2.75) is 31.7 Å². The van der Waals surface area contributed by atoms with Crippen molar-refractivity contribution in [1.29, 1.82) is 0 Å². The molecule has 1 aliphatic heterocycles. The number of nitrogens with zero attached hydrogens (tertiary/aromatic N) is 2. The fraction of sp³-hybridized carbons (Fsp3) is 0.636. The number of carbonyl (C=O) groups excluding carboxylic acids is 1. The van der Waals surface area contributed by atoms with Crippen LogP contribution in [0, 0.1) is 0 Å². The Morgan fingerprint density at radius 1 is 1.58 bits per heavy atom. The molecule has 1 saturated heterocycles. The van der Waals surface area contributed by atoms with Gasteiger partial charge in [0.2, 0.25) is 5.82 Å². The van der Waals surface area contributed by atoms with Crippen LogP contribution in [0.1, 0.15) is 36.2 Å². The molecule has 3 N–H and O–H groups in total. The van der Waals surface area contributed by atoms with Crippen LogP contribution in [0.5, 0.6) is 0 Å². The first-order chi connectivity index (χ1) is 9.07. The van der Waals surface area contributed by atoms with Gasteiger partial charge in [-0.25, -0.2) is 9.78 Å². The molecule has 7 nitrogen and oxygen atoms in total.